The second kappa shape index (κ2) is 12.7. The molecule has 1 N–H and O–H groups in total. The summed E-state index contributed by atoms with van der Waals surface area (Å²) in [5.41, 5.74) is 2.75. The second-order valence-electron chi connectivity index (χ2n) is 10.8. The summed E-state index contributed by atoms with van der Waals surface area (Å²) in [6, 6.07) is 20.3. The average Bonchev–Trinajstić information content (AvgIpc) is 3.30. The number of pyridine rings is 1. The number of rotatable bonds is 9. The summed E-state index contributed by atoms with van der Waals surface area (Å²) in [7, 11) is -1.71. The van der Waals surface area contributed by atoms with Gasteiger partial charge in [0.2, 0.25) is 11.8 Å². The molecular weight excluding hydrogens is 581 g/mol. The first-order valence-electron chi connectivity index (χ1n) is 14.0. The molecule has 1 amide bonds. The molecular formula is C31H35Cl2N3O4S. The summed E-state index contributed by atoms with van der Waals surface area (Å²) in [6.45, 7) is 2.44. The molecule has 5 atom stereocenters. The maximum Gasteiger partial charge on any atom is 0.226 e. The molecule has 0 spiro atoms. The molecule has 0 radical (unpaired) electrons. The fraction of sp³-hybridized carbons (Fsp3) is 0.419. The van der Waals surface area contributed by atoms with Crippen molar-refractivity contribution >= 4 is 38.9 Å². The molecule has 2 aromatic carbocycles. The molecule has 2 saturated heterocycles. The van der Waals surface area contributed by atoms with Crippen molar-refractivity contribution in [2.24, 2.45) is 5.92 Å². The van der Waals surface area contributed by atoms with E-state index in [1.54, 1.807) is 13.2 Å². The van der Waals surface area contributed by atoms with Gasteiger partial charge < -0.3 is 15.0 Å². The van der Waals surface area contributed by atoms with Gasteiger partial charge in [0.05, 0.1) is 18.9 Å². The van der Waals surface area contributed by atoms with Crippen molar-refractivity contribution < 1.29 is 17.9 Å². The molecule has 2 fully saturated rings. The summed E-state index contributed by atoms with van der Waals surface area (Å²) < 4.78 is 31.0. The number of piperidine rings is 1. The largest absolute Gasteiger partial charge is 0.481 e. The van der Waals surface area contributed by atoms with E-state index in [-0.39, 0.29) is 35.6 Å². The summed E-state index contributed by atoms with van der Waals surface area (Å²) in [6.07, 6.45) is 1.95. The first kappa shape index (κ1) is 29.8. The molecule has 2 unspecified atom stereocenters. The van der Waals surface area contributed by atoms with Crippen LogP contribution in [0, 0.1) is 5.92 Å². The SMILES string of the molecule is CCC(CC1NCCS1(=O)=O)N1C(=O)[C@@H](Cc2cccc(OC)n2)C[C@H](c2cccc(Cl)c2)[C@H]1c1ccc(Cl)cc1. The van der Waals surface area contributed by atoms with Gasteiger partial charge in [0, 0.05) is 52.6 Å². The predicted molar refractivity (Wildman–Crippen MR) is 162 cm³/mol. The monoisotopic (exact) mass is 615 g/mol. The smallest absolute Gasteiger partial charge is 0.226 e. The van der Waals surface area contributed by atoms with Gasteiger partial charge >= 0.3 is 0 Å². The Bertz CT molecular complexity index is 1480. The van der Waals surface area contributed by atoms with Gasteiger partial charge in [-0.15, -0.1) is 0 Å². The zero-order valence-corrected chi connectivity index (χ0v) is 25.5. The van der Waals surface area contributed by atoms with Gasteiger partial charge in [-0.25, -0.2) is 13.4 Å². The third-order valence-corrected chi connectivity index (χ3v) is 10.8. The van der Waals surface area contributed by atoms with Crippen molar-refractivity contribution in [3.8, 4) is 5.88 Å². The number of sulfone groups is 1. The van der Waals surface area contributed by atoms with Crippen molar-refractivity contribution in [2.75, 3.05) is 19.4 Å². The Labute approximate surface area is 252 Å². The number of carbonyl (C=O) groups is 1. The number of carbonyl (C=O) groups excluding carboxylic acids is 1. The Kier molecular flexibility index (Phi) is 9.24. The number of aromatic nitrogens is 1. The van der Waals surface area contributed by atoms with E-state index in [2.05, 4.69) is 16.4 Å². The van der Waals surface area contributed by atoms with Crippen LogP contribution >= 0.6 is 23.2 Å². The quantitative estimate of drug-likeness (QED) is 0.326. The molecule has 2 aliphatic heterocycles. The van der Waals surface area contributed by atoms with Crippen LogP contribution < -0.4 is 10.1 Å². The number of likely N-dealkylation sites (tertiary alicyclic amines) is 1. The maximum atomic E-state index is 14.6. The zero-order valence-electron chi connectivity index (χ0n) is 23.2. The van der Waals surface area contributed by atoms with Crippen LogP contribution in [0.5, 0.6) is 5.88 Å². The van der Waals surface area contributed by atoms with E-state index in [0.717, 1.165) is 16.8 Å². The van der Waals surface area contributed by atoms with E-state index >= 15 is 0 Å². The molecule has 3 heterocycles. The summed E-state index contributed by atoms with van der Waals surface area (Å²) in [5.74, 6) is 0.139. The Morgan fingerprint density at radius 2 is 1.80 bits per heavy atom. The second-order valence-corrected chi connectivity index (χ2v) is 14.0. The minimum atomic E-state index is -3.29. The number of hydrogen-bond acceptors (Lipinski definition) is 6. The number of nitrogens with zero attached hydrogens (tertiary/aromatic N) is 2. The topological polar surface area (TPSA) is 88.6 Å². The van der Waals surface area contributed by atoms with Crippen LogP contribution in [0.2, 0.25) is 10.0 Å². The van der Waals surface area contributed by atoms with Crippen LogP contribution in [-0.2, 0) is 21.1 Å². The lowest BCUT2D eigenvalue weighted by molar-refractivity contribution is -0.147. The average molecular weight is 617 g/mol. The third kappa shape index (κ3) is 6.56. The Hall–Kier alpha value is -2.65. The van der Waals surface area contributed by atoms with E-state index in [9.17, 15) is 13.2 Å². The number of halogens is 2. The van der Waals surface area contributed by atoms with E-state index < -0.39 is 15.2 Å². The fourth-order valence-electron chi connectivity index (χ4n) is 6.29. The lowest BCUT2D eigenvalue weighted by Crippen LogP contribution is -2.53. The molecule has 7 nitrogen and oxygen atoms in total. The van der Waals surface area contributed by atoms with Crippen LogP contribution in [0.15, 0.2) is 66.7 Å². The van der Waals surface area contributed by atoms with Gasteiger partial charge in [0.25, 0.3) is 0 Å². The number of hydrogen-bond donors (Lipinski definition) is 1. The third-order valence-electron chi connectivity index (χ3n) is 8.30. The molecule has 5 rings (SSSR count). The van der Waals surface area contributed by atoms with Crippen LogP contribution in [0.4, 0.5) is 0 Å². The first-order chi connectivity index (χ1) is 19.7. The highest BCUT2D eigenvalue weighted by molar-refractivity contribution is 7.92. The molecule has 1 aromatic heterocycles. The minimum Gasteiger partial charge on any atom is -0.481 e. The molecule has 10 heteroatoms. The molecule has 0 saturated carbocycles. The van der Waals surface area contributed by atoms with Crippen LogP contribution in [0.1, 0.15) is 55.0 Å². The lowest BCUT2D eigenvalue weighted by atomic mass is 9.73. The first-order valence-corrected chi connectivity index (χ1v) is 16.4. The standard InChI is InChI=1S/C31H35Cl2N3O4S/c1-3-26(19-29-34-14-15-41(29,38)39)36-30(20-10-12-23(32)13-11-20)27(21-6-4-7-24(33)16-21)18-22(31(36)37)17-25-8-5-9-28(35-25)40-2/h4-13,16,22,26-27,29-30,34H,3,14-15,17-19H2,1-2H3/t22-,26?,27+,29?,30+/m0/s1. The van der Waals surface area contributed by atoms with E-state index in [0.29, 0.717) is 48.2 Å². The number of nitrogens with one attached hydrogen (secondary N) is 1. The molecule has 3 aromatic rings. The van der Waals surface area contributed by atoms with Crippen molar-refractivity contribution in [3.05, 3.63) is 93.6 Å². The Balaban J connectivity index is 1.61. The minimum absolute atomic E-state index is 0.00454. The Morgan fingerprint density at radius 3 is 2.46 bits per heavy atom. The number of benzene rings is 2. The highest BCUT2D eigenvalue weighted by atomic mass is 35.5. The molecule has 41 heavy (non-hydrogen) atoms. The normalized spacial score (nSPS) is 24.8. The van der Waals surface area contributed by atoms with Gasteiger partial charge in [-0.05, 0) is 60.7 Å². The number of amides is 1. The predicted octanol–water partition coefficient (Wildman–Crippen LogP) is 5.83. The molecule has 0 bridgehead atoms. The summed E-state index contributed by atoms with van der Waals surface area (Å²) in [5, 5.41) is 3.71. The van der Waals surface area contributed by atoms with Crippen LogP contribution in [-0.4, -0.2) is 55.0 Å². The van der Waals surface area contributed by atoms with E-state index in [4.69, 9.17) is 27.9 Å². The lowest BCUT2D eigenvalue weighted by Gasteiger charge is -2.49. The van der Waals surface area contributed by atoms with Gasteiger partial charge in [0.1, 0.15) is 5.37 Å². The summed E-state index contributed by atoms with van der Waals surface area (Å²) >= 11 is 12.8. The highest BCUT2D eigenvalue weighted by Gasteiger charge is 2.47. The van der Waals surface area contributed by atoms with Gasteiger partial charge in [-0.3, -0.25) is 4.79 Å². The van der Waals surface area contributed by atoms with Crippen molar-refractivity contribution in [2.45, 2.75) is 56.0 Å². The van der Waals surface area contributed by atoms with Crippen molar-refractivity contribution in [3.63, 3.8) is 0 Å². The van der Waals surface area contributed by atoms with Gasteiger partial charge in [-0.1, -0.05) is 60.5 Å². The highest BCUT2D eigenvalue weighted by Crippen LogP contribution is 2.48. The number of methoxy groups -OCH3 is 1. The molecule has 2 aliphatic rings. The van der Waals surface area contributed by atoms with Crippen LogP contribution in [0.25, 0.3) is 0 Å². The van der Waals surface area contributed by atoms with Crippen molar-refractivity contribution in [1.82, 2.24) is 15.2 Å². The maximum absolute atomic E-state index is 14.6. The molecule has 218 valence electrons. The fourth-order valence-corrected chi connectivity index (χ4v) is 8.19. The summed E-state index contributed by atoms with van der Waals surface area (Å²) in [4.78, 5) is 21.1. The van der Waals surface area contributed by atoms with E-state index in [1.165, 1.54) is 0 Å². The van der Waals surface area contributed by atoms with Crippen LogP contribution in [0.3, 0.4) is 0 Å². The van der Waals surface area contributed by atoms with Gasteiger partial charge in [0.15, 0.2) is 9.84 Å². The number of ether oxygens (including phenoxy) is 1. The Morgan fingerprint density at radius 1 is 1.05 bits per heavy atom. The molecule has 0 aliphatic carbocycles. The van der Waals surface area contributed by atoms with Gasteiger partial charge in [-0.2, -0.15) is 0 Å². The zero-order chi connectivity index (χ0) is 29.1. The van der Waals surface area contributed by atoms with Crippen molar-refractivity contribution in [1.29, 1.82) is 0 Å². The van der Waals surface area contributed by atoms with E-state index in [1.807, 2.05) is 66.4 Å².